The van der Waals surface area contributed by atoms with Crippen LogP contribution in [0.4, 0.5) is 5.82 Å². The normalized spacial score (nSPS) is 21.1. The summed E-state index contributed by atoms with van der Waals surface area (Å²) < 4.78 is 29.1. The van der Waals surface area contributed by atoms with Gasteiger partial charge in [-0.15, -0.1) is 0 Å². The number of rotatable bonds is 3. The fourth-order valence-corrected chi connectivity index (χ4v) is 4.12. The van der Waals surface area contributed by atoms with Gasteiger partial charge in [-0.05, 0) is 31.9 Å². The van der Waals surface area contributed by atoms with E-state index in [2.05, 4.69) is 14.9 Å². The van der Waals surface area contributed by atoms with Crippen LogP contribution in [-0.2, 0) is 10.2 Å². The lowest BCUT2D eigenvalue weighted by Gasteiger charge is -2.31. The van der Waals surface area contributed by atoms with E-state index in [0.717, 1.165) is 30.2 Å². The molecule has 1 saturated heterocycles. The summed E-state index contributed by atoms with van der Waals surface area (Å²) in [5.74, 6) is 0.360. The van der Waals surface area contributed by atoms with Crippen molar-refractivity contribution in [2.24, 2.45) is 0 Å². The molecule has 0 radical (unpaired) electrons. The lowest BCUT2D eigenvalue weighted by molar-refractivity contribution is 0.270. The van der Waals surface area contributed by atoms with Gasteiger partial charge in [0.05, 0.1) is 5.52 Å². The van der Waals surface area contributed by atoms with Crippen LogP contribution in [0.5, 0.6) is 0 Å². The second kappa shape index (κ2) is 5.06. The monoisotopic (exact) mass is 294 g/mol. The first-order chi connectivity index (χ1) is 9.58. The van der Waals surface area contributed by atoms with Gasteiger partial charge in [0, 0.05) is 18.0 Å². The predicted octanol–water partition coefficient (Wildman–Crippen LogP) is 2.09. The van der Waals surface area contributed by atoms with E-state index in [4.69, 9.17) is 0 Å². The van der Waals surface area contributed by atoms with Crippen LogP contribution >= 0.6 is 0 Å². The van der Waals surface area contributed by atoms with Crippen molar-refractivity contribution in [1.82, 2.24) is 14.5 Å². The number of benzene rings is 1. The average Bonchev–Trinajstić information content (AvgIpc) is 2.82. The quantitative estimate of drug-likeness (QED) is 0.910. The van der Waals surface area contributed by atoms with Gasteiger partial charge in [0.25, 0.3) is 0 Å². The Kier molecular flexibility index (Phi) is 3.39. The van der Waals surface area contributed by atoms with Crippen LogP contribution in [0.1, 0.15) is 26.2 Å². The Morgan fingerprint density at radius 2 is 2.15 bits per heavy atom. The summed E-state index contributed by atoms with van der Waals surface area (Å²) in [5, 5.41) is 7.67. The highest BCUT2D eigenvalue weighted by Gasteiger charge is 2.30. The van der Waals surface area contributed by atoms with Crippen molar-refractivity contribution < 1.29 is 8.42 Å². The molecule has 1 aliphatic rings. The third-order valence-electron chi connectivity index (χ3n) is 3.75. The first-order valence-corrected chi connectivity index (χ1v) is 8.24. The van der Waals surface area contributed by atoms with E-state index in [9.17, 15) is 8.42 Å². The maximum absolute atomic E-state index is 12.5. The molecule has 1 aromatic carbocycles. The Labute approximate surface area is 118 Å². The molecule has 2 heterocycles. The molecule has 108 valence electrons. The molecule has 2 aromatic rings. The third kappa shape index (κ3) is 2.38. The molecular weight excluding hydrogens is 276 g/mol. The van der Waals surface area contributed by atoms with Crippen LogP contribution in [0, 0.1) is 0 Å². The first kappa shape index (κ1) is 13.4. The molecule has 1 aromatic heterocycles. The lowest BCUT2D eigenvalue weighted by Crippen LogP contribution is -2.44. The van der Waals surface area contributed by atoms with Gasteiger partial charge in [-0.3, -0.25) is 9.82 Å². The summed E-state index contributed by atoms with van der Waals surface area (Å²) in [7, 11) is -3.55. The number of fused-ring (bicyclic) bond motifs is 1. The number of hydrogen-bond donors (Lipinski definition) is 2. The van der Waals surface area contributed by atoms with E-state index in [-0.39, 0.29) is 6.04 Å². The molecule has 0 aliphatic carbocycles. The molecule has 2 N–H and O–H groups in total. The van der Waals surface area contributed by atoms with Gasteiger partial charge in [0.1, 0.15) is 0 Å². The van der Waals surface area contributed by atoms with Crippen molar-refractivity contribution in [3.63, 3.8) is 0 Å². The summed E-state index contributed by atoms with van der Waals surface area (Å²) in [5.41, 5.74) is 0.817. The highest BCUT2D eigenvalue weighted by molar-refractivity contribution is 7.90. The maximum atomic E-state index is 12.5. The zero-order chi connectivity index (χ0) is 14.2. The van der Waals surface area contributed by atoms with E-state index >= 15 is 0 Å². The van der Waals surface area contributed by atoms with E-state index in [1.165, 1.54) is 4.31 Å². The van der Waals surface area contributed by atoms with E-state index in [0.29, 0.717) is 12.4 Å². The van der Waals surface area contributed by atoms with Crippen LogP contribution < -0.4 is 4.72 Å². The Morgan fingerprint density at radius 1 is 1.35 bits per heavy atom. The van der Waals surface area contributed by atoms with Crippen LogP contribution in [0.2, 0.25) is 0 Å². The molecule has 3 rings (SSSR count). The highest BCUT2D eigenvalue weighted by Crippen LogP contribution is 2.24. The second-order valence-corrected chi connectivity index (χ2v) is 6.80. The van der Waals surface area contributed by atoms with E-state index < -0.39 is 10.2 Å². The Balaban J connectivity index is 1.89. The van der Waals surface area contributed by atoms with Gasteiger partial charge in [0.15, 0.2) is 5.82 Å². The highest BCUT2D eigenvalue weighted by atomic mass is 32.2. The van der Waals surface area contributed by atoms with Gasteiger partial charge < -0.3 is 0 Å². The number of hydrogen-bond acceptors (Lipinski definition) is 3. The average molecular weight is 294 g/mol. The predicted molar refractivity (Wildman–Crippen MR) is 78.7 cm³/mol. The molecule has 20 heavy (non-hydrogen) atoms. The molecule has 0 bridgehead atoms. The maximum Gasteiger partial charge on any atom is 0.303 e. The first-order valence-electron chi connectivity index (χ1n) is 6.80. The minimum absolute atomic E-state index is 0.0338. The summed E-state index contributed by atoms with van der Waals surface area (Å²) >= 11 is 0. The standard InChI is InChI=1S/C13H18N4O2S/c1-10-6-4-5-9-17(10)20(18,19)16-13-11-7-2-3-8-12(11)14-15-13/h2-3,7-8,10H,4-6,9H2,1H3,(H2,14,15,16). The summed E-state index contributed by atoms with van der Waals surface area (Å²) in [6, 6.07) is 7.48. The number of nitrogens with one attached hydrogen (secondary N) is 2. The van der Waals surface area contributed by atoms with Crippen LogP contribution in [0.25, 0.3) is 10.9 Å². The van der Waals surface area contributed by atoms with Crippen molar-refractivity contribution in [2.75, 3.05) is 11.3 Å². The fraction of sp³-hybridized carbons (Fsp3) is 0.462. The zero-order valence-corrected chi connectivity index (χ0v) is 12.2. The summed E-state index contributed by atoms with van der Waals surface area (Å²) in [4.78, 5) is 0. The number of aromatic amines is 1. The van der Waals surface area contributed by atoms with Crippen molar-refractivity contribution in [1.29, 1.82) is 0 Å². The Hall–Kier alpha value is -1.60. The lowest BCUT2D eigenvalue weighted by atomic mass is 10.1. The molecule has 7 heteroatoms. The van der Waals surface area contributed by atoms with Crippen LogP contribution in [0.3, 0.4) is 0 Å². The number of para-hydroxylation sites is 1. The van der Waals surface area contributed by atoms with E-state index in [1.807, 2.05) is 31.2 Å². The minimum atomic E-state index is -3.55. The van der Waals surface area contributed by atoms with Gasteiger partial charge in [-0.25, -0.2) is 0 Å². The zero-order valence-electron chi connectivity index (χ0n) is 11.3. The second-order valence-electron chi connectivity index (χ2n) is 5.18. The molecule has 1 atom stereocenters. The van der Waals surface area contributed by atoms with Gasteiger partial charge in [-0.2, -0.15) is 17.8 Å². The molecule has 0 saturated carbocycles. The van der Waals surface area contributed by atoms with Crippen molar-refractivity contribution in [3.05, 3.63) is 24.3 Å². The van der Waals surface area contributed by atoms with Gasteiger partial charge >= 0.3 is 10.2 Å². The van der Waals surface area contributed by atoms with E-state index in [1.54, 1.807) is 0 Å². The Bertz CT molecular complexity index is 710. The molecule has 6 nitrogen and oxygen atoms in total. The molecule has 1 fully saturated rings. The molecule has 1 unspecified atom stereocenters. The summed E-state index contributed by atoms with van der Waals surface area (Å²) in [6.45, 7) is 2.51. The summed E-state index contributed by atoms with van der Waals surface area (Å²) in [6.07, 6.45) is 2.90. The number of anilines is 1. The van der Waals surface area contributed by atoms with Gasteiger partial charge in [0.2, 0.25) is 0 Å². The fourth-order valence-electron chi connectivity index (χ4n) is 2.65. The minimum Gasteiger partial charge on any atom is -0.276 e. The van der Waals surface area contributed by atoms with Crippen molar-refractivity contribution in [2.45, 2.75) is 32.2 Å². The van der Waals surface area contributed by atoms with Gasteiger partial charge in [-0.1, -0.05) is 18.6 Å². The smallest absolute Gasteiger partial charge is 0.276 e. The molecule has 0 spiro atoms. The number of H-pyrrole nitrogens is 1. The van der Waals surface area contributed by atoms with Crippen LogP contribution in [0.15, 0.2) is 24.3 Å². The Morgan fingerprint density at radius 3 is 2.95 bits per heavy atom. The topological polar surface area (TPSA) is 78.1 Å². The van der Waals surface area contributed by atoms with Crippen LogP contribution in [-0.4, -0.2) is 35.5 Å². The largest absolute Gasteiger partial charge is 0.303 e. The number of nitrogens with zero attached hydrogens (tertiary/aromatic N) is 2. The number of piperidine rings is 1. The molecule has 1 aliphatic heterocycles. The number of aromatic nitrogens is 2. The third-order valence-corrected chi connectivity index (χ3v) is 5.36. The molecular formula is C13H18N4O2S. The van der Waals surface area contributed by atoms with Crippen molar-refractivity contribution >= 4 is 26.9 Å². The molecule has 0 amide bonds. The van der Waals surface area contributed by atoms with Crippen molar-refractivity contribution in [3.8, 4) is 0 Å². The SMILES string of the molecule is CC1CCCCN1S(=O)(=O)Nc1n[nH]c2ccccc12.